The molecule has 0 radical (unpaired) electrons. The Labute approximate surface area is 125 Å². The predicted octanol–water partition coefficient (Wildman–Crippen LogP) is 6.17. The van der Waals surface area contributed by atoms with E-state index < -0.39 is 0 Å². The molecule has 100 valence electrons. The lowest BCUT2D eigenvalue weighted by atomic mass is 9.72. The van der Waals surface area contributed by atoms with E-state index in [-0.39, 0.29) is 11.3 Å². The molecule has 0 spiro atoms. The van der Waals surface area contributed by atoms with Gasteiger partial charge in [0.05, 0.1) is 0 Å². The van der Waals surface area contributed by atoms with Gasteiger partial charge in [0.1, 0.15) is 0 Å². The van der Waals surface area contributed by atoms with E-state index in [2.05, 4.69) is 45.0 Å². The highest BCUT2D eigenvalue weighted by molar-refractivity contribution is 6.34. The van der Waals surface area contributed by atoms with Gasteiger partial charge in [0, 0.05) is 16.0 Å². The van der Waals surface area contributed by atoms with Crippen LogP contribution < -0.4 is 0 Å². The van der Waals surface area contributed by atoms with Crippen LogP contribution in [0.25, 0.3) is 0 Å². The van der Waals surface area contributed by atoms with Crippen molar-refractivity contribution in [3.8, 4) is 0 Å². The lowest BCUT2D eigenvalue weighted by molar-refractivity contribution is 0.358. The SMILES string of the molecule is CC(C)(C)[C@@H](c1ccccc1)c1cc(Cl)cc(Cl)c1. The number of hydrogen-bond acceptors (Lipinski definition) is 0. The molecule has 0 aliphatic rings. The minimum absolute atomic E-state index is 0.0926. The van der Waals surface area contributed by atoms with E-state index in [9.17, 15) is 0 Å². The van der Waals surface area contributed by atoms with E-state index in [1.165, 1.54) is 5.56 Å². The molecular weight excluding hydrogens is 275 g/mol. The Balaban J connectivity index is 2.56. The van der Waals surface area contributed by atoms with Crippen LogP contribution in [0.1, 0.15) is 37.8 Å². The van der Waals surface area contributed by atoms with Crippen LogP contribution in [0.2, 0.25) is 10.0 Å². The van der Waals surface area contributed by atoms with Crippen LogP contribution in [0.15, 0.2) is 48.5 Å². The van der Waals surface area contributed by atoms with Crippen molar-refractivity contribution in [2.45, 2.75) is 26.7 Å². The van der Waals surface area contributed by atoms with Crippen molar-refractivity contribution in [2.24, 2.45) is 5.41 Å². The van der Waals surface area contributed by atoms with Crippen molar-refractivity contribution in [3.63, 3.8) is 0 Å². The summed E-state index contributed by atoms with van der Waals surface area (Å²) >= 11 is 12.3. The molecule has 2 aromatic carbocycles. The average molecular weight is 293 g/mol. The van der Waals surface area contributed by atoms with Crippen LogP contribution in [-0.4, -0.2) is 0 Å². The molecule has 0 amide bonds. The quantitative estimate of drug-likeness (QED) is 0.621. The summed E-state index contributed by atoms with van der Waals surface area (Å²) in [6, 6.07) is 16.3. The van der Waals surface area contributed by atoms with Crippen LogP contribution >= 0.6 is 23.2 Å². The second kappa shape index (κ2) is 5.56. The fourth-order valence-electron chi connectivity index (χ4n) is 2.58. The number of halogens is 2. The van der Waals surface area contributed by atoms with Gasteiger partial charge >= 0.3 is 0 Å². The Hall–Kier alpha value is -0.980. The molecule has 0 bridgehead atoms. The van der Waals surface area contributed by atoms with Gasteiger partial charge in [0.2, 0.25) is 0 Å². The van der Waals surface area contributed by atoms with Crippen molar-refractivity contribution in [1.82, 2.24) is 0 Å². The number of rotatable bonds is 2. The molecule has 0 aromatic heterocycles. The van der Waals surface area contributed by atoms with Gasteiger partial charge in [0.25, 0.3) is 0 Å². The van der Waals surface area contributed by atoms with Gasteiger partial charge in [-0.2, -0.15) is 0 Å². The van der Waals surface area contributed by atoms with Crippen molar-refractivity contribution in [2.75, 3.05) is 0 Å². The first-order chi connectivity index (χ1) is 8.88. The van der Waals surface area contributed by atoms with E-state index in [1.54, 1.807) is 6.07 Å². The second-order valence-corrected chi connectivity index (χ2v) is 6.79. The first-order valence-electron chi connectivity index (χ1n) is 6.39. The van der Waals surface area contributed by atoms with Crippen LogP contribution in [0.5, 0.6) is 0 Å². The first-order valence-corrected chi connectivity index (χ1v) is 7.14. The fourth-order valence-corrected chi connectivity index (χ4v) is 3.12. The summed E-state index contributed by atoms with van der Waals surface area (Å²) in [5.74, 6) is 0.268. The highest BCUT2D eigenvalue weighted by Gasteiger charge is 2.28. The van der Waals surface area contributed by atoms with Crippen LogP contribution in [0, 0.1) is 5.41 Å². The third-order valence-electron chi connectivity index (χ3n) is 3.22. The molecule has 0 nitrogen and oxygen atoms in total. The van der Waals surface area contributed by atoms with E-state index in [0.29, 0.717) is 10.0 Å². The van der Waals surface area contributed by atoms with Gasteiger partial charge in [-0.3, -0.25) is 0 Å². The first kappa shape index (κ1) is 14.4. The molecule has 0 saturated heterocycles. The van der Waals surface area contributed by atoms with E-state index in [1.807, 2.05) is 18.2 Å². The third-order valence-corrected chi connectivity index (χ3v) is 3.65. The Bertz CT molecular complexity index is 533. The van der Waals surface area contributed by atoms with Gasteiger partial charge in [-0.25, -0.2) is 0 Å². The zero-order valence-electron chi connectivity index (χ0n) is 11.5. The van der Waals surface area contributed by atoms with Crippen molar-refractivity contribution < 1.29 is 0 Å². The Morgan fingerprint density at radius 1 is 0.789 bits per heavy atom. The summed E-state index contributed by atoms with van der Waals surface area (Å²) in [5, 5.41) is 1.38. The standard InChI is InChI=1S/C17H18Cl2/c1-17(2,3)16(12-7-5-4-6-8-12)13-9-14(18)11-15(19)10-13/h4-11,16H,1-3H3/t16-/m0/s1. The van der Waals surface area contributed by atoms with E-state index in [0.717, 1.165) is 5.56 Å². The number of benzene rings is 2. The van der Waals surface area contributed by atoms with Gasteiger partial charge in [-0.15, -0.1) is 0 Å². The topological polar surface area (TPSA) is 0 Å². The highest BCUT2D eigenvalue weighted by Crippen LogP contribution is 2.41. The van der Waals surface area contributed by atoms with Crippen LogP contribution in [0.3, 0.4) is 0 Å². The van der Waals surface area contributed by atoms with Crippen LogP contribution in [0.4, 0.5) is 0 Å². The van der Waals surface area contributed by atoms with Gasteiger partial charge in [-0.05, 0) is 34.7 Å². The largest absolute Gasteiger partial charge is 0.0843 e. The third kappa shape index (κ3) is 3.52. The molecule has 2 aromatic rings. The lowest BCUT2D eigenvalue weighted by Gasteiger charge is -2.32. The van der Waals surface area contributed by atoms with Gasteiger partial charge in [-0.1, -0.05) is 74.3 Å². The smallest absolute Gasteiger partial charge is 0.0423 e. The molecule has 0 N–H and O–H groups in total. The lowest BCUT2D eigenvalue weighted by Crippen LogP contribution is -2.19. The number of hydrogen-bond donors (Lipinski definition) is 0. The minimum atomic E-state index is 0.0926. The Kier molecular flexibility index (Phi) is 4.23. The zero-order chi connectivity index (χ0) is 14.0. The maximum absolute atomic E-state index is 6.15. The molecule has 1 atom stereocenters. The Morgan fingerprint density at radius 2 is 1.32 bits per heavy atom. The molecule has 0 fully saturated rings. The zero-order valence-corrected chi connectivity index (χ0v) is 13.0. The summed E-state index contributed by atoms with van der Waals surface area (Å²) in [5.41, 5.74) is 2.54. The maximum Gasteiger partial charge on any atom is 0.0423 e. The molecule has 2 rings (SSSR count). The average Bonchev–Trinajstić information content (AvgIpc) is 2.27. The maximum atomic E-state index is 6.15. The molecule has 19 heavy (non-hydrogen) atoms. The highest BCUT2D eigenvalue weighted by atomic mass is 35.5. The molecule has 0 unspecified atom stereocenters. The summed E-state index contributed by atoms with van der Waals surface area (Å²) < 4.78 is 0. The van der Waals surface area contributed by atoms with Crippen molar-refractivity contribution in [1.29, 1.82) is 0 Å². The van der Waals surface area contributed by atoms with E-state index >= 15 is 0 Å². The fraction of sp³-hybridized carbons (Fsp3) is 0.294. The summed E-state index contributed by atoms with van der Waals surface area (Å²) in [6.45, 7) is 6.71. The molecule has 0 heterocycles. The molecule has 2 heteroatoms. The molecular formula is C17H18Cl2. The predicted molar refractivity (Wildman–Crippen MR) is 84.2 cm³/mol. The second-order valence-electron chi connectivity index (χ2n) is 5.91. The molecule has 0 aliphatic heterocycles. The minimum Gasteiger partial charge on any atom is -0.0843 e. The molecule has 0 saturated carbocycles. The van der Waals surface area contributed by atoms with Crippen molar-refractivity contribution in [3.05, 3.63) is 69.7 Å². The van der Waals surface area contributed by atoms with Crippen LogP contribution in [-0.2, 0) is 0 Å². The van der Waals surface area contributed by atoms with E-state index in [4.69, 9.17) is 23.2 Å². The Morgan fingerprint density at radius 3 is 1.79 bits per heavy atom. The monoisotopic (exact) mass is 292 g/mol. The molecule has 0 aliphatic carbocycles. The summed E-state index contributed by atoms with van der Waals surface area (Å²) in [4.78, 5) is 0. The van der Waals surface area contributed by atoms with Gasteiger partial charge < -0.3 is 0 Å². The van der Waals surface area contributed by atoms with Gasteiger partial charge in [0.15, 0.2) is 0 Å². The normalized spacial score (nSPS) is 13.3. The summed E-state index contributed by atoms with van der Waals surface area (Å²) in [7, 11) is 0. The van der Waals surface area contributed by atoms with Crippen molar-refractivity contribution >= 4 is 23.2 Å². The summed E-state index contributed by atoms with van der Waals surface area (Å²) in [6.07, 6.45) is 0.